The first-order chi connectivity index (χ1) is 9.88. The summed E-state index contributed by atoms with van der Waals surface area (Å²) >= 11 is 0. The molecule has 1 saturated heterocycles. The highest BCUT2D eigenvalue weighted by molar-refractivity contribution is 5.41. The van der Waals surface area contributed by atoms with Crippen LogP contribution in [0.3, 0.4) is 0 Å². The molecule has 3 rings (SSSR count). The Morgan fingerprint density at radius 3 is 2.90 bits per heavy atom. The van der Waals surface area contributed by atoms with Crippen molar-refractivity contribution in [3.63, 3.8) is 0 Å². The first kappa shape index (κ1) is 13.9. The number of rotatable bonds is 5. The lowest BCUT2D eigenvalue weighted by atomic mass is 9.86. The van der Waals surface area contributed by atoms with Gasteiger partial charge in [-0.2, -0.15) is 0 Å². The molecule has 20 heavy (non-hydrogen) atoms. The summed E-state index contributed by atoms with van der Waals surface area (Å²) in [6, 6.07) is 7.21. The largest absolute Gasteiger partial charge is 0.493 e. The minimum atomic E-state index is 0.463. The summed E-state index contributed by atoms with van der Waals surface area (Å²) in [6.07, 6.45) is 4.55. The Morgan fingerprint density at radius 1 is 1.25 bits per heavy atom. The summed E-state index contributed by atoms with van der Waals surface area (Å²) in [6.45, 7) is 5.95. The second-order valence-corrected chi connectivity index (χ2v) is 5.85. The molecule has 3 nitrogen and oxygen atoms in total. The van der Waals surface area contributed by atoms with E-state index in [0.717, 1.165) is 51.4 Å². The first-order valence-corrected chi connectivity index (χ1v) is 7.95. The first-order valence-electron chi connectivity index (χ1n) is 7.95. The molecule has 0 radical (unpaired) electrons. The fraction of sp³-hybridized carbons (Fsp3) is 0.647. The molecule has 110 valence electrons. The molecule has 0 spiro atoms. The molecule has 2 aliphatic heterocycles. The Balaban J connectivity index is 1.80. The Kier molecular flexibility index (Phi) is 4.58. The van der Waals surface area contributed by atoms with Gasteiger partial charge < -0.3 is 14.8 Å². The number of hydrogen-bond acceptors (Lipinski definition) is 3. The molecule has 2 aliphatic rings. The molecule has 0 aliphatic carbocycles. The third-order valence-corrected chi connectivity index (χ3v) is 4.42. The molecule has 1 aromatic carbocycles. The molecule has 3 heteroatoms. The lowest BCUT2D eigenvalue weighted by Crippen LogP contribution is -2.32. The quantitative estimate of drug-likeness (QED) is 0.895. The molecule has 0 aromatic heterocycles. The average molecular weight is 275 g/mol. The van der Waals surface area contributed by atoms with E-state index in [1.165, 1.54) is 17.5 Å². The maximum atomic E-state index is 5.62. The van der Waals surface area contributed by atoms with Gasteiger partial charge in [-0.3, -0.25) is 0 Å². The van der Waals surface area contributed by atoms with Crippen molar-refractivity contribution >= 4 is 0 Å². The zero-order chi connectivity index (χ0) is 13.8. The highest BCUT2D eigenvalue weighted by atomic mass is 16.5. The van der Waals surface area contributed by atoms with Gasteiger partial charge in [-0.15, -0.1) is 0 Å². The topological polar surface area (TPSA) is 30.5 Å². The van der Waals surface area contributed by atoms with Crippen LogP contribution in [0.5, 0.6) is 5.75 Å². The molecular formula is C17H25NO2. The molecule has 1 aromatic rings. The maximum Gasteiger partial charge on any atom is 0.122 e. The van der Waals surface area contributed by atoms with Crippen molar-refractivity contribution in [2.24, 2.45) is 5.92 Å². The SMILES string of the molecule is CCCNC(c1ccc2c(c1)CCO2)C1CCOCC1. The van der Waals surface area contributed by atoms with Crippen LogP contribution in [0.2, 0.25) is 0 Å². The lowest BCUT2D eigenvalue weighted by Gasteiger charge is -2.31. The molecule has 1 fully saturated rings. The molecule has 0 saturated carbocycles. The molecule has 1 N–H and O–H groups in total. The van der Waals surface area contributed by atoms with Crippen LogP contribution >= 0.6 is 0 Å². The minimum absolute atomic E-state index is 0.463. The van der Waals surface area contributed by atoms with Crippen molar-refractivity contribution in [3.8, 4) is 5.75 Å². The summed E-state index contributed by atoms with van der Waals surface area (Å²) in [5.74, 6) is 1.77. The van der Waals surface area contributed by atoms with E-state index < -0.39 is 0 Å². The molecule has 0 bridgehead atoms. The van der Waals surface area contributed by atoms with Crippen LogP contribution in [0.15, 0.2) is 18.2 Å². The normalized spacial score (nSPS) is 20.4. The smallest absolute Gasteiger partial charge is 0.122 e. The monoisotopic (exact) mass is 275 g/mol. The summed E-state index contributed by atoms with van der Waals surface area (Å²) in [5, 5.41) is 3.75. The second-order valence-electron chi connectivity index (χ2n) is 5.85. The van der Waals surface area contributed by atoms with Gasteiger partial charge in [-0.05, 0) is 48.9 Å². The predicted octanol–water partition coefficient (Wildman–Crippen LogP) is 3.09. The molecule has 1 unspecified atom stereocenters. The predicted molar refractivity (Wildman–Crippen MR) is 80.2 cm³/mol. The van der Waals surface area contributed by atoms with Gasteiger partial charge in [0.15, 0.2) is 0 Å². The Hall–Kier alpha value is -1.06. The van der Waals surface area contributed by atoms with Crippen LogP contribution in [-0.4, -0.2) is 26.4 Å². The summed E-state index contributed by atoms with van der Waals surface area (Å²) < 4.78 is 11.1. The number of hydrogen-bond donors (Lipinski definition) is 1. The van der Waals surface area contributed by atoms with Crippen LogP contribution in [0.4, 0.5) is 0 Å². The van der Waals surface area contributed by atoms with Crippen LogP contribution in [0.25, 0.3) is 0 Å². The number of nitrogens with one attached hydrogen (secondary N) is 1. The highest BCUT2D eigenvalue weighted by Gasteiger charge is 2.26. The van der Waals surface area contributed by atoms with Gasteiger partial charge in [0.2, 0.25) is 0 Å². The molecular weight excluding hydrogens is 250 g/mol. The van der Waals surface area contributed by atoms with Gasteiger partial charge in [0.1, 0.15) is 5.75 Å². The Bertz CT molecular complexity index is 441. The second kappa shape index (κ2) is 6.59. The zero-order valence-electron chi connectivity index (χ0n) is 12.4. The van der Waals surface area contributed by atoms with Crippen molar-refractivity contribution in [2.45, 2.75) is 38.6 Å². The van der Waals surface area contributed by atoms with Crippen molar-refractivity contribution in [3.05, 3.63) is 29.3 Å². The van der Waals surface area contributed by atoms with E-state index in [2.05, 4.69) is 30.4 Å². The highest BCUT2D eigenvalue weighted by Crippen LogP contribution is 2.34. The summed E-state index contributed by atoms with van der Waals surface area (Å²) in [5.41, 5.74) is 2.80. The van der Waals surface area contributed by atoms with Gasteiger partial charge >= 0.3 is 0 Å². The fourth-order valence-electron chi connectivity index (χ4n) is 3.31. The van der Waals surface area contributed by atoms with E-state index in [0.29, 0.717) is 12.0 Å². The fourth-order valence-corrected chi connectivity index (χ4v) is 3.31. The van der Waals surface area contributed by atoms with Gasteiger partial charge in [0, 0.05) is 25.7 Å². The standard InChI is InChI=1S/C17H25NO2/c1-2-8-18-17(13-5-9-19-10-6-13)15-3-4-16-14(12-15)7-11-20-16/h3-4,12-13,17-18H,2,5-11H2,1H3. The summed E-state index contributed by atoms with van der Waals surface area (Å²) in [7, 11) is 0. The maximum absolute atomic E-state index is 5.62. The number of ether oxygens (including phenoxy) is 2. The van der Waals surface area contributed by atoms with E-state index in [1.807, 2.05) is 0 Å². The van der Waals surface area contributed by atoms with Gasteiger partial charge in [-0.1, -0.05) is 19.1 Å². The van der Waals surface area contributed by atoms with Crippen LogP contribution < -0.4 is 10.1 Å². The van der Waals surface area contributed by atoms with E-state index in [-0.39, 0.29) is 0 Å². The minimum Gasteiger partial charge on any atom is -0.493 e. The third-order valence-electron chi connectivity index (χ3n) is 4.42. The Morgan fingerprint density at radius 2 is 2.10 bits per heavy atom. The lowest BCUT2D eigenvalue weighted by molar-refractivity contribution is 0.0536. The van der Waals surface area contributed by atoms with Gasteiger partial charge in [0.25, 0.3) is 0 Å². The molecule has 0 amide bonds. The van der Waals surface area contributed by atoms with E-state index in [1.54, 1.807) is 0 Å². The van der Waals surface area contributed by atoms with E-state index in [4.69, 9.17) is 9.47 Å². The third kappa shape index (κ3) is 2.99. The summed E-state index contributed by atoms with van der Waals surface area (Å²) in [4.78, 5) is 0. The molecule has 2 heterocycles. The molecule has 1 atom stereocenters. The van der Waals surface area contributed by atoms with E-state index >= 15 is 0 Å². The van der Waals surface area contributed by atoms with Crippen molar-refractivity contribution in [2.75, 3.05) is 26.4 Å². The number of benzene rings is 1. The number of fused-ring (bicyclic) bond motifs is 1. The van der Waals surface area contributed by atoms with Crippen LogP contribution in [0, 0.1) is 5.92 Å². The van der Waals surface area contributed by atoms with Crippen LogP contribution in [0.1, 0.15) is 43.4 Å². The van der Waals surface area contributed by atoms with Crippen molar-refractivity contribution in [1.82, 2.24) is 5.32 Å². The Labute approximate surface area is 121 Å². The van der Waals surface area contributed by atoms with Crippen molar-refractivity contribution in [1.29, 1.82) is 0 Å². The van der Waals surface area contributed by atoms with Gasteiger partial charge in [0.05, 0.1) is 6.61 Å². The van der Waals surface area contributed by atoms with E-state index in [9.17, 15) is 0 Å². The van der Waals surface area contributed by atoms with Gasteiger partial charge in [-0.25, -0.2) is 0 Å². The van der Waals surface area contributed by atoms with Crippen molar-refractivity contribution < 1.29 is 9.47 Å². The van der Waals surface area contributed by atoms with Crippen LogP contribution in [-0.2, 0) is 11.2 Å². The average Bonchev–Trinajstić information content (AvgIpc) is 2.96. The zero-order valence-corrected chi connectivity index (χ0v) is 12.4.